The van der Waals surface area contributed by atoms with Gasteiger partial charge in [-0.15, -0.1) is 0 Å². The first-order valence-electron chi connectivity index (χ1n) is 4.81. The van der Waals surface area contributed by atoms with E-state index in [1.165, 1.54) is 0 Å². The Morgan fingerprint density at radius 1 is 1.40 bits per heavy atom. The molecule has 0 heterocycles. The third kappa shape index (κ3) is 3.90. The first-order chi connectivity index (χ1) is 7.13. The van der Waals surface area contributed by atoms with E-state index in [1.54, 1.807) is 12.1 Å². The van der Waals surface area contributed by atoms with E-state index in [4.69, 9.17) is 22.4 Å². The number of halogens is 1. The van der Waals surface area contributed by atoms with Crippen molar-refractivity contribution in [2.24, 2.45) is 5.73 Å². The number of benzene rings is 1. The summed E-state index contributed by atoms with van der Waals surface area (Å²) in [4.78, 5) is 10.7. The predicted octanol–water partition coefficient (Wildman–Crippen LogP) is 2.25. The van der Waals surface area contributed by atoms with Gasteiger partial charge in [0, 0.05) is 5.02 Å². The van der Waals surface area contributed by atoms with E-state index in [9.17, 15) is 4.79 Å². The number of nitrogens with two attached hydrogens (primary N) is 1. The topological polar surface area (TPSA) is 63.3 Å². The molecule has 1 aromatic rings. The van der Waals surface area contributed by atoms with E-state index in [-0.39, 0.29) is 12.3 Å². The van der Waals surface area contributed by atoms with Gasteiger partial charge in [0.1, 0.15) is 0 Å². The molecule has 0 spiro atoms. The molecule has 15 heavy (non-hydrogen) atoms. The zero-order chi connectivity index (χ0) is 11.3. The summed E-state index contributed by atoms with van der Waals surface area (Å²) in [5, 5.41) is 9.41. The van der Waals surface area contributed by atoms with E-state index < -0.39 is 5.97 Å². The van der Waals surface area contributed by atoms with E-state index in [0.717, 1.165) is 5.56 Å². The molecule has 1 rings (SSSR count). The van der Waals surface area contributed by atoms with E-state index in [2.05, 4.69) is 0 Å². The normalized spacial score (nSPS) is 12.4. The highest BCUT2D eigenvalue weighted by molar-refractivity contribution is 6.30. The second-order valence-electron chi connectivity index (χ2n) is 3.42. The second-order valence-corrected chi connectivity index (χ2v) is 3.86. The summed E-state index contributed by atoms with van der Waals surface area (Å²) in [7, 11) is 0. The lowest BCUT2D eigenvalue weighted by Crippen LogP contribution is -2.11. The van der Waals surface area contributed by atoms with Crippen molar-refractivity contribution in [1.82, 2.24) is 0 Å². The Labute approximate surface area is 93.9 Å². The summed E-state index contributed by atoms with van der Waals surface area (Å²) < 4.78 is 0. The van der Waals surface area contributed by atoms with Crippen molar-refractivity contribution in [3.05, 3.63) is 34.9 Å². The Bertz CT molecular complexity index is 324. The molecule has 1 atom stereocenters. The van der Waals surface area contributed by atoms with Gasteiger partial charge in [-0.25, -0.2) is 0 Å². The third-order valence-corrected chi connectivity index (χ3v) is 2.53. The van der Waals surface area contributed by atoms with Crippen LogP contribution in [-0.4, -0.2) is 17.6 Å². The van der Waals surface area contributed by atoms with Gasteiger partial charge >= 0.3 is 5.97 Å². The number of rotatable bonds is 5. The number of hydrogen-bond acceptors (Lipinski definition) is 2. The molecular formula is C11H14ClNO2. The fourth-order valence-electron chi connectivity index (χ4n) is 1.53. The minimum Gasteiger partial charge on any atom is -0.481 e. The van der Waals surface area contributed by atoms with Crippen LogP contribution in [0.2, 0.25) is 5.02 Å². The fraction of sp³-hybridized carbons (Fsp3) is 0.364. The maximum absolute atomic E-state index is 10.7. The molecule has 0 amide bonds. The van der Waals surface area contributed by atoms with E-state index >= 15 is 0 Å². The maximum atomic E-state index is 10.7. The number of carbonyl (C=O) groups is 1. The lowest BCUT2D eigenvalue weighted by Gasteiger charge is -2.13. The number of carboxylic acid groups (broad SMARTS) is 1. The van der Waals surface area contributed by atoms with Crippen LogP contribution in [0.1, 0.15) is 24.3 Å². The highest BCUT2D eigenvalue weighted by Gasteiger charge is 2.14. The minimum atomic E-state index is -0.802. The van der Waals surface area contributed by atoms with E-state index in [0.29, 0.717) is 18.0 Å². The molecule has 0 aliphatic rings. The van der Waals surface area contributed by atoms with Gasteiger partial charge in [-0.3, -0.25) is 4.79 Å². The SMILES string of the molecule is NCC[C@H](CC(=O)O)c1ccc(Cl)cc1. The Morgan fingerprint density at radius 2 is 2.00 bits per heavy atom. The Hall–Kier alpha value is -1.06. The molecule has 4 heteroatoms. The lowest BCUT2D eigenvalue weighted by atomic mass is 9.93. The van der Waals surface area contributed by atoms with Crippen LogP contribution in [0.3, 0.4) is 0 Å². The fourth-order valence-corrected chi connectivity index (χ4v) is 1.66. The molecule has 0 aromatic heterocycles. The molecule has 3 N–H and O–H groups in total. The largest absolute Gasteiger partial charge is 0.481 e. The van der Waals surface area contributed by atoms with Crippen LogP contribution in [-0.2, 0) is 4.79 Å². The van der Waals surface area contributed by atoms with Gasteiger partial charge in [-0.2, -0.15) is 0 Å². The van der Waals surface area contributed by atoms with Crippen LogP contribution in [0.15, 0.2) is 24.3 Å². The van der Waals surface area contributed by atoms with Crippen LogP contribution in [0.4, 0.5) is 0 Å². The lowest BCUT2D eigenvalue weighted by molar-refractivity contribution is -0.137. The molecule has 0 bridgehead atoms. The molecular weight excluding hydrogens is 214 g/mol. The summed E-state index contributed by atoms with van der Waals surface area (Å²) in [5.41, 5.74) is 6.43. The van der Waals surface area contributed by atoms with Gasteiger partial charge in [-0.05, 0) is 36.6 Å². The van der Waals surface area contributed by atoms with Crippen molar-refractivity contribution in [2.75, 3.05) is 6.54 Å². The van der Waals surface area contributed by atoms with Crippen LogP contribution in [0.25, 0.3) is 0 Å². The minimum absolute atomic E-state index is 0.0234. The predicted molar refractivity (Wildman–Crippen MR) is 60.1 cm³/mol. The number of carboxylic acids is 1. The quantitative estimate of drug-likeness (QED) is 0.811. The molecule has 0 aliphatic heterocycles. The molecule has 0 radical (unpaired) electrons. The average Bonchev–Trinajstić information content (AvgIpc) is 2.17. The molecule has 0 aliphatic carbocycles. The molecule has 3 nitrogen and oxygen atoms in total. The molecule has 0 unspecified atom stereocenters. The van der Waals surface area contributed by atoms with Crippen molar-refractivity contribution < 1.29 is 9.90 Å². The van der Waals surface area contributed by atoms with Crippen molar-refractivity contribution in [3.63, 3.8) is 0 Å². The van der Waals surface area contributed by atoms with E-state index in [1.807, 2.05) is 12.1 Å². The van der Waals surface area contributed by atoms with Crippen molar-refractivity contribution in [2.45, 2.75) is 18.8 Å². The first kappa shape index (κ1) is 12.0. The van der Waals surface area contributed by atoms with Gasteiger partial charge in [0.2, 0.25) is 0 Å². The Morgan fingerprint density at radius 3 is 2.47 bits per heavy atom. The van der Waals surface area contributed by atoms with Crippen LogP contribution < -0.4 is 5.73 Å². The van der Waals surface area contributed by atoms with Crippen LogP contribution in [0, 0.1) is 0 Å². The van der Waals surface area contributed by atoms with Gasteiger partial charge in [0.05, 0.1) is 6.42 Å². The van der Waals surface area contributed by atoms with Gasteiger partial charge in [-0.1, -0.05) is 23.7 Å². The van der Waals surface area contributed by atoms with Crippen molar-refractivity contribution >= 4 is 17.6 Å². The summed E-state index contributed by atoms with van der Waals surface area (Å²) in [6, 6.07) is 7.24. The zero-order valence-electron chi connectivity index (χ0n) is 8.32. The van der Waals surface area contributed by atoms with Crippen molar-refractivity contribution in [1.29, 1.82) is 0 Å². The highest BCUT2D eigenvalue weighted by atomic mass is 35.5. The third-order valence-electron chi connectivity index (χ3n) is 2.28. The van der Waals surface area contributed by atoms with Crippen molar-refractivity contribution in [3.8, 4) is 0 Å². The number of hydrogen-bond donors (Lipinski definition) is 2. The average molecular weight is 228 g/mol. The smallest absolute Gasteiger partial charge is 0.303 e. The summed E-state index contributed by atoms with van der Waals surface area (Å²) in [6.07, 6.45) is 0.784. The molecule has 1 aromatic carbocycles. The van der Waals surface area contributed by atoms with Crippen LogP contribution in [0.5, 0.6) is 0 Å². The molecule has 0 fully saturated rings. The highest BCUT2D eigenvalue weighted by Crippen LogP contribution is 2.24. The van der Waals surface area contributed by atoms with Crippen LogP contribution >= 0.6 is 11.6 Å². The number of aliphatic carboxylic acids is 1. The van der Waals surface area contributed by atoms with Gasteiger partial charge in [0.15, 0.2) is 0 Å². The maximum Gasteiger partial charge on any atom is 0.303 e. The second kappa shape index (κ2) is 5.73. The Balaban J connectivity index is 2.78. The molecule has 82 valence electrons. The first-order valence-corrected chi connectivity index (χ1v) is 5.18. The summed E-state index contributed by atoms with van der Waals surface area (Å²) in [6.45, 7) is 0.487. The van der Waals surface area contributed by atoms with Gasteiger partial charge < -0.3 is 10.8 Å². The summed E-state index contributed by atoms with van der Waals surface area (Å²) >= 11 is 5.76. The monoisotopic (exact) mass is 227 g/mol. The van der Waals surface area contributed by atoms with Gasteiger partial charge in [0.25, 0.3) is 0 Å². The summed E-state index contributed by atoms with van der Waals surface area (Å²) in [5.74, 6) is -0.826. The molecule has 0 saturated carbocycles. The Kier molecular flexibility index (Phi) is 4.59. The zero-order valence-corrected chi connectivity index (χ0v) is 9.07. The molecule has 0 saturated heterocycles. The standard InChI is InChI=1S/C11H14ClNO2/c12-10-3-1-8(2-4-10)9(5-6-13)7-11(14)15/h1-4,9H,5-7,13H2,(H,14,15)/t9-/m1/s1.